The minimum Gasteiger partial charge on any atom is -0.481 e. The maximum atomic E-state index is 10.8. The summed E-state index contributed by atoms with van der Waals surface area (Å²) in [5.74, 6) is -0.00340. The predicted molar refractivity (Wildman–Crippen MR) is 132 cm³/mol. The summed E-state index contributed by atoms with van der Waals surface area (Å²) in [6.45, 7) is 1.95. The summed E-state index contributed by atoms with van der Waals surface area (Å²) in [5.41, 5.74) is 7.05. The lowest BCUT2D eigenvalue weighted by Crippen LogP contribution is -1.99. The van der Waals surface area contributed by atoms with Crippen LogP contribution in [0.25, 0.3) is 22.5 Å². The van der Waals surface area contributed by atoms with E-state index >= 15 is 0 Å². The Balaban J connectivity index is 1.41. The van der Waals surface area contributed by atoms with E-state index in [1.54, 1.807) is 0 Å². The van der Waals surface area contributed by atoms with Gasteiger partial charge in [-0.15, -0.1) is 0 Å². The largest absolute Gasteiger partial charge is 0.481 e. The minimum absolute atomic E-state index is 0.137. The third-order valence-electron chi connectivity index (χ3n) is 6.14. The van der Waals surface area contributed by atoms with Crippen LogP contribution in [0.4, 0.5) is 0 Å². The second kappa shape index (κ2) is 10.9. The molecule has 0 bridgehead atoms. The Kier molecular flexibility index (Phi) is 7.55. The first-order valence-electron chi connectivity index (χ1n) is 11.6. The van der Waals surface area contributed by atoms with E-state index < -0.39 is 12.1 Å². The zero-order valence-corrected chi connectivity index (χ0v) is 19.3. The Morgan fingerprint density at radius 1 is 0.882 bits per heavy atom. The smallest absolute Gasteiger partial charge is 0.303 e. The van der Waals surface area contributed by atoms with Crippen LogP contribution in [0.5, 0.6) is 0 Å². The van der Waals surface area contributed by atoms with Crippen LogP contribution in [0, 0.1) is 6.92 Å². The number of benzene rings is 3. The van der Waals surface area contributed by atoms with E-state index in [1.807, 2.05) is 73.7 Å². The van der Waals surface area contributed by atoms with E-state index in [4.69, 9.17) is 9.63 Å². The highest BCUT2D eigenvalue weighted by Gasteiger charge is 2.16. The molecule has 0 radical (unpaired) electrons. The summed E-state index contributed by atoms with van der Waals surface area (Å²) >= 11 is 0. The number of aromatic nitrogens is 1. The van der Waals surface area contributed by atoms with Gasteiger partial charge in [0.15, 0.2) is 5.76 Å². The fourth-order valence-corrected chi connectivity index (χ4v) is 4.15. The molecule has 174 valence electrons. The Morgan fingerprint density at radius 3 is 2.15 bits per heavy atom. The monoisotopic (exact) mass is 455 g/mol. The van der Waals surface area contributed by atoms with E-state index in [0.717, 1.165) is 57.7 Å². The molecule has 4 aromatic rings. The number of carboxylic acid groups (broad SMARTS) is 1. The first-order chi connectivity index (χ1) is 16.5. The molecule has 0 fully saturated rings. The van der Waals surface area contributed by atoms with Crippen LogP contribution in [0.1, 0.15) is 47.8 Å². The van der Waals surface area contributed by atoms with Gasteiger partial charge in [0.25, 0.3) is 0 Å². The summed E-state index contributed by atoms with van der Waals surface area (Å²) in [6, 6.07) is 25.9. The van der Waals surface area contributed by atoms with Gasteiger partial charge >= 0.3 is 5.97 Å². The zero-order chi connectivity index (χ0) is 23.9. The highest BCUT2D eigenvalue weighted by molar-refractivity contribution is 5.70. The number of carbonyl (C=O) groups is 1. The second-order valence-electron chi connectivity index (χ2n) is 8.56. The quantitative estimate of drug-likeness (QED) is 0.289. The molecule has 0 aliphatic carbocycles. The van der Waals surface area contributed by atoms with Crippen LogP contribution in [-0.4, -0.2) is 21.3 Å². The van der Waals surface area contributed by atoms with Crippen molar-refractivity contribution in [2.75, 3.05) is 0 Å². The molecule has 1 unspecified atom stereocenters. The Hall–Kier alpha value is -3.70. The van der Waals surface area contributed by atoms with Gasteiger partial charge in [0.1, 0.15) is 0 Å². The van der Waals surface area contributed by atoms with Gasteiger partial charge < -0.3 is 14.7 Å². The SMILES string of the molecule is Cc1noc(-c2ccc(-c3ccc(CCC(=O)O)cc3)cc2)c1CCCC(O)c1ccccc1. The topological polar surface area (TPSA) is 83.6 Å². The normalized spacial score (nSPS) is 11.9. The summed E-state index contributed by atoms with van der Waals surface area (Å²) in [7, 11) is 0. The van der Waals surface area contributed by atoms with Gasteiger partial charge in [-0.25, -0.2) is 0 Å². The lowest BCUT2D eigenvalue weighted by Gasteiger charge is -2.11. The number of aliphatic hydroxyl groups excluding tert-OH is 1. The van der Waals surface area contributed by atoms with Gasteiger partial charge in [-0.3, -0.25) is 4.79 Å². The minimum atomic E-state index is -0.783. The molecule has 4 rings (SSSR count). The number of rotatable bonds is 10. The maximum absolute atomic E-state index is 10.8. The molecule has 0 saturated carbocycles. The molecule has 1 heterocycles. The van der Waals surface area contributed by atoms with Crippen LogP contribution >= 0.6 is 0 Å². The standard InChI is InChI=1S/C29H29NO4/c1-20-26(8-5-9-27(31)24-6-3-2-4-7-24)29(34-30-20)25-17-15-23(16-18-25)22-13-10-21(11-14-22)12-19-28(32)33/h2-4,6-7,10-11,13-18,27,31H,5,8-9,12,19H2,1H3,(H,32,33). The van der Waals surface area contributed by atoms with Gasteiger partial charge in [-0.1, -0.05) is 84.0 Å². The van der Waals surface area contributed by atoms with Gasteiger partial charge in [0, 0.05) is 17.5 Å². The average Bonchev–Trinajstić information content (AvgIpc) is 3.23. The first kappa shape index (κ1) is 23.5. The second-order valence-corrected chi connectivity index (χ2v) is 8.56. The molecule has 5 heteroatoms. The van der Waals surface area contributed by atoms with Crippen molar-refractivity contribution in [3.05, 3.63) is 101 Å². The number of aliphatic carboxylic acids is 1. The number of carboxylic acids is 1. The Morgan fingerprint density at radius 2 is 1.50 bits per heavy atom. The van der Waals surface area contributed by atoms with Crippen molar-refractivity contribution in [2.24, 2.45) is 0 Å². The maximum Gasteiger partial charge on any atom is 0.303 e. The number of aryl methyl sites for hydroxylation is 2. The molecule has 34 heavy (non-hydrogen) atoms. The van der Waals surface area contributed by atoms with Crippen molar-refractivity contribution in [1.29, 1.82) is 0 Å². The molecule has 0 spiro atoms. The van der Waals surface area contributed by atoms with Crippen molar-refractivity contribution in [3.8, 4) is 22.5 Å². The molecule has 5 nitrogen and oxygen atoms in total. The van der Waals surface area contributed by atoms with Gasteiger partial charge in [-0.2, -0.15) is 0 Å². The van der Waals surface area contributed by atoms with Crippen LogP contribution in [0.2, 0.25) is 0 Å². The molecule has 0 aliphatic heterocycles. The molecule has 3 aromatic carbocycles. The van der Waals surface area contributed by atoms with Crippen molar-refractivity contribution in [3.63, 3.8) is 0 Å². The van der Waals surface area contributed by atoms with Crippen molar-refractivity contribution < 1.29 is 19.5 Å². The van der Waals surface area contributed by atoms with E-state index in [1.165, 1.54) is 0 Å². The molecule has 0 aliphatic rings. The van der Waals surface area contributed by atoms with Crippen molar-refractivity contribution >= 4 is 5.97 Å². The summed E-state index contributed by atoms with van der Waals surface area (Å²) in [4.78, 5) is 10.8. The molecular weight excluding hydrogens is 426 g/mol. The molecular formula is C29H29NO4. The van der Waals surface area contributed by atoms with E-state index in [-0.39, 0.29) is 6.42 Å². The van der Waals surface area contributed by atoms with E-state index in [2.05, 4.69) is 17.3 Å². The third kappa shape index (κ3) is 5.80. The molecule has 2 N–H and O–H groups in total. The van der Waals surface area contributed by atoms with Crippen LogP contribution in [-0.2, 0) is 17.6 Å². The molecule has 0 amide bonds. The lowest BCUT2D eigenvalue weighted by atomic mass is 9.97. The highest BCUT2D eigenvalue weighted by atomic mass is 16.5. The Bertz CT molecular complexity index is 1210. The van der Waals surface area contributed by atoms with Gasteiger partial charge in [0.05, 0.1) is 11.8 Å². The lowest BCUT2D eigenvalue weighted by molar-refractivity contribution is -0.136. The fourth-order valence-electron chi connectivity index (χ4n) is 4.15. The van der Waals surface area contributed by atoms with Crippen LogP contribution in [0.3, 0.4) is 0 Å². The van der Waals surface area contributed by atoms with Crippen LogP contribution in [0.15, 0.2) is 83.4 Å². The number of nitrogens with zero attached hydrogens (tertiary/aromatic N) is 1. The number of aliphatic hydroxyl groups is 1. The van der Waals surface area contributed by atoms with E-state index in [0.29, 0.717) is 12.8 Å². The highest BCUT2D eigenvalue weighted by Crippen LogP contribution is 2.31. The van der Waals surface area contributed by atoms with Gasteiger partial charge in [-0.05, 0) is 54.9 Å². The average molecular weight is 456 g/mol. The summed E-state index contributed by atoms with van der Waals surface area (Å²) in [5, 5.41) is 23.5. The summed E-state index contributed by atoms with van der Waals surface area (Å²) < 4.78 is 5.67. The number of hydrogen-bond donors (Lipinski definition) is 2. The van der Waals surface area contributed by atoms with Crippen molar-refractivity contribution in [2.45, 2.75) is 45.1 Å². The Labute approximate surface area is 199 Å². The zero-order valence-electron chi connectivity index (χ0n) is 19.3. The van der Waals surface area contributed by atoms with Crippen molar-refractivity contribution in [1.82, 2.24) is 5.16 Å². The van der Waals surface area contributed by atoms with E-state index in [9.17, 15) is 9.90 Å². The molecule has 1 atom stereocenters. The molecule has 1 aromatic heterocycles. The number of hydrogen-bond acceptors (Lipinski definition) is 4. The fraction of sp³-hybridized carbons (Fsp3) is 0.241. The third-order valence-corrected chi connectivity index (χ3v) is 6.14. The summed E-state index contributed by atoms with van der Waals surface area (Å²) in [6.07, 6.45) is 2.49. The first-order valence-corrected chi connectivity index (χ1v) is 11.6. The predicted octanol–water partition coefficient (Wildman–Crippen LogP) is 6.39. The van der Waals surface area contributed by atoms with Crippen LogP contribution < -0.4 is 0 Å². The molecule has 0 saturated heterocycles. The van der Waals surface area contributed by atoms with Gasteiger partial charge in [0.2, 0.25) is 0 Å².